The van der Waals surface area contributed by atoms with Gasteiger partial charge in [0.05, 0.1) is 13.3 Å². The summed E-state index contributed by atoms with van der Waals surface area (Å²) in [5.41, 5.74) is 6.14. The topological polar surface area (TPSA) is 118 Å². The van der Waals surface area contributed by atoms with Gasteiger partial charge in [-0.2, -0.15) is 5.10 Å². The van der Waals surface area contributed by atoms with E-state index in [0.29, 0.717) is 22.7 Å². The van der Waals surface area contributed by atoms with Crippen LogP contribution in [0.3, 0.4) is 0 Å². The van der Waals surface area contributed by atoms with E-state index in [0.717, 1.165) is 16.8 Å². The van der Waals surface area contributed by atoms with Crippen LogP contribution in [0.2, 0.25) is 0 Å². The van der Waals surface area contributed by atoms with E-state index in [-0.39, 0.29) is 12.5 Å². The summed E-state index contributed by atoms with van der Waals surface area (Å²) >= 11 is 0. The van der Waals surface area contributed by atoms with Crippen LogP contribution < -0.4 is 25.5 Å². The second-order valence-electron chi connectivity index (χ2n) is 7.54. The van der Waals surface area contributed by atoms with Crippen molar-refractivity contribution in [1.82, 2.24) is 5.43 Å². The lowest BCUT2D eigenvalue weighted by molar-refractivity contribution is -0.136. The summed E-state index contributed by atoms with van der Waals surface area (Å²) in [6, 6.07) is 19.0. The Morgan fingerprint density at radius 1 is 0.857 bits per heavy atom. The van der Waals surface area contributed by atoms with Crippen LogP contribution in [-0.2, 0) is 14.4 Å². The summed E-state index contributed by atoms with van der Waals surface area (Å²) in [4.78, 5) is 36.1. The average Bonchev–Trinajstić information content (AvgIpc) is 2.86. The van der Waals surface area contributed by atoms with E-state index in [9.17, 15) is 14.4 Å². The lowest BCUT2D eigenvalue weighted by Gasteiger charge is -2.11. The van der Waals surface area contributed by atoms with Crippen molar-refractivity contribution < 1.29 is 23.9 Å². The van der Waals surface area contributed by atoms with Gasteiger partial charge in [-0.05, 0) is 85.1 Å². The van der Waals surface area contributed by atoms with Gasteiger partial charge >= 0.3 is 11.8 Å². The van der Waals surface area contributed by atoms with E-state index in [1.807, 2.05) is 32.0 Å². The first-order valence-electron chi connectivity index (χ1n) is 10.7. The number of ether oxygens (including phenoxy) is 2. The molecule has 0 radical (unpaired) electrons. The summed E-state index contributed by atoms with van der Waals surface area (Å²) < 4.78 is 10.6. The van der Waals surface area contributed by atoms with Gasteiger partial charge in [0.15, 0.2) is 6.61 Å². The zero-order valence-electron chi connectivity index (χ0n) is 19.6. The zero-order valence-corrected chi connectivity index (χ0v) is 19.6. The van der Waals surface area contributed by atoms with Gasteiger partial charge in [-0.25, -0.2) is 5.43 Å². The SMILES string of the molecule is COc1ccc(NC(=O)C(=O)N/N=C\c2ccc(OCC(=O)Nc3cccc(C)c3C)cc2)cc1. The first-order chi connectivity index (χ1) is 16.9. The third kappa shape index (κ3) is 7.43. The number of nitrogens with zero attached hydrogens (tertiary/aromatic N) is 1. The molecule has 0 fully saturated rings. The molecule has 9 nitrogen and oxygen atoms in total. The number of hydrogen-bond donors (Lipinski definition) is 3. The Hall–Kier alpha value is -4.66. The van der Waals surface area contributed by atoms with Gasteiger partial charge in [0, 0.05) is 11.4 Å². The van der Waals surface area contributed by atoms with E-state index in [4.69, 9.17) is 9.47 Å². The summed E-state index contributed by atoms with van der Waals surface area (Å²) in [6.07, 6.45) is 1.38. The molecule has 3 aromatic carbocycles. The minimum Gasteiger partial charge on any atom is -0.497 e. The van der Waals surface area contributed by atoms with Crippen LogP contribution in [0.25, 0.3) is 0 Å². The zero-order chi connectivity index (χ0) is 25.2. The number of carbonyl (C=O) groups is 3. The summed E-state index contributed by atoms with van der Waals surface area (Å²) in [5, 5.41) is 9.09. The van der Waals surface area contributed by atoms with Crippen LogP contribution in [0.1, 0.15) is 16.7 Å². The van der Waals surface area contributed by atoms with E-state index in [1.54, 1.807) is 48.5 Å². The van der Waals surface area contributed by atoms with Crippen molar-refractivity contribution in [3.63, 3.8) is 0 Å². The molecule has 0 aromatic heterocycles. The Morgan fingerprint density at radius 2 is 1.54 bits per heavy atom. The van der Waals surface area contributed by atoms with Crippen LogP contribution in [0.4, 0.5) is 11.4 Å². The molecule has 0 saturated heterocycles. The molecular formula is C26H26N4O5. The number of hydrogen-bond acceptors (Lipinski definition) is 6. The lowest BCUT2D eigenvalue weighted by Crippen LogP contribution is -2.32. The molecule has 0 aliphatic carbocycles. The number of carbonyl (C=O) groups excluding carboxylic acids is 3. The number of aryl methyl sites for hydroxylation is 1. The highest BCUT2D eigenvalue weighted by atomic mass is 16.5. The van der Waals surface area contributed by atoms with Gasteiger partial charge in [0.1, 0.15) is 11.5 Å². The predicted molar refractivity (Wildman–Crippen MR) is 134 cm³/mol. The van der Waals surface area contributed by atoms with E-state index < -0.39 is 11.8 Å². The van der Waals surface area contributed by atoms with E-state index >= 15 is 0 Å². The Balaban J connectivity index is 1.43. The van der Waals surface area contributed by atoms with Gasteiger partial charge in [-0.1, -0.05) is 12.1 Å². The number of anilines is 2. The monoisotopic (exact) mass is 474 g/mol. The van der Waals surface area contributed by atoms with Crippen molar-refractivity contribution in [2.45, 2.75) is 13.8 Å². The average molecular weight is 475 g/mol. The molecule has 0 unspecified atom stereocenters. The summed E-state index contributed by atoms with van der Waals surface area (Å²) in [7, 11) is 1.53. The molecule has 0 bridgehead atoms. The number of rotatable bonds is 8. The largest absolute Gasteiger partial charge is 0.497 e. The van der Waals surface area contributed by atoms with Crippen molar-refractivity contribution in [3.8, 4) is 11.5 Å². The highest BCUT2D eigenvalue weighted by Crippen LogP contribution is 2.18. The molecule has 0 aliphatic heterocycles. The number of nitrogens with one attached hydrogen (secondary N) is 3. The molecule has 9 heteroatoms. The maximum atomic E-state index is 12.2. The molecule has 0 aliphatic rings. The molecule has 0 spiro atoms. The van der Waals surface area contributed by atoms with Crippen molar-refractivity contribution in [2.24, 2.45) is 5.10 Å². The summed E-state index contributed by atoms with van der Waals surface area (Å²) in [6.45, 7) is 3.79. The van der Waals surface area contributed by atoms with E-state index in [1.165, 1.54) is 13.3 Å². The fourth-order valence-electron chi connectivity index (χ4n) is 2.95. The number of amides is 3. The third-order valence-corrected chi connectivity index (χ3v) is 5.06. The fraction of sp³-hybridized carbons (Fsp3) is 0.154. The van der Waals surface area contributed by atoms with Crippen molar-refractivity contribution in [1.29, 1.82) is 0 Å². The van der Waals surface area contributed by atoms with Crippen LogP contribution >= 0.6 is 0 Å². The van der Waals surface area contributed by atoms with Gasteiger partial charge in [0.25, 0.3) is 5.91 Å². The number of methoxy groups -OCH3 is 1. The third-order valence-electron chi connectivity index (χ3n) is 5.06. The number of hydrazone groups is 1. The summed E-state index contributed by atoms with van der Waals surface area (Å²) in [5.74, 6) is -0.891. The fourth-order valence-corrected chi connectivity index (χ4v) is 2.95. The van der Waals surface area contributed by atoms with Crippen LogP contribution in [-0.4, -0.2) is 37.7 Å². The Kier molecular flexibility index (Phi) is 8.55. The van der Waals surface area contributed by atoms with Crippen LogP contribution in [0.5, 0.6) is 11.5 Å². The lowest BCUT2D eigenvalue weighted by atomic mass is 10.1. The second-order valence-corrected chi connectivity index (χ2v) is 7.54. The molecule has 3 N–H and O–H groups in total. The molecule has 3 aromatic rings. The van der Waals surface area contributed by atoms with E-state index in [2.05, 4.69) is 21.2 Å². The molecule has 0 atom stereocenters. The maximum absolute atomic E-state index is 12.2. The Bertz CT molecular complexity index is 1220. The molecular weight excluding hydrogens is 448 g/mol. The molecule has 0 heterocycles. The quantitative estimate of drug-likeness (QED) is 0.263. The molecule has 3 rings (SSSR count). The molecule has 0 saturated carbocycles. The van der Waals surface area contributed by atoms with Crippen LogP contribution in [0.15, 0.2) is 71.8 Å². The second kappa shape index (κ2) is 12.0. The maximum Gasteiger partial charge on any atom is 0.329 e. The number of benzene rings is 3. The highest BCUT2D eigenvalue weighted by molar-refractivity contribution is 6.39. The minimum atomic E-state index is -0.910. The predicted octanol–water partition coefficient (Wildman–Crippen LogP) is 3.42. The Labute approximate surface area is 203 Å². The standard InChI is InChI=1S/C26H26N4O5/c1-17-5-4-6-23(18(17)2)29-24(31)16-35-22-11-7-19(8-12-22)15-27-30-26(33)25(32)28-20-9-13-21(34-3)14-10-20/h4-15H,16H2,1-3H3,(H,28,32)(H,29,31)(H,30,33)/b27-15-. The minimum absolute atomic E-state index is 0.139. The van der Waals surface area contributed by atoms with Crippen molar-refractivity contribution in [3.05, 3.63) is 83.4 Å². The van der Waals surface area contributed by atoms with Crippen LogP contribution in [0, 0.1) is 13.8 Å². The smallest absolute Gasteiger partial charge is 0.329 e. The molecule has 3 amide bonds. The first-order valence-corrected chi connectivity index (χ1v) is 10.7. The normalized spacial score (nSPS) is 10.5. The molecule has 35 heavy (non-hydrogen) atoms. The van der Waals surface area contributed by atoms with Crippen molar-refractivity contribution >= 4 is 35.3 Å². The van der Waals surface area contributed by atoms with Crippen molar-refractivity contribution in [2.75, 3.05) is 24.4 Å². The highest BCUT2D eigenvalue weighted by Gasteiger charge is 2.13. The first kappa shape index (κ1) is 25.0. The van der Waals surface area contributed by atoms with Gasteiger partial charge in [0.2, 0.25) is 0 Å². The Morgan fingerprint density at radius 3 is 2.23 bits per heavy atom. The van der Waals surface area contributed by atoms with Gasteiger partial charge in [-0.15, -0.1) is 0 Å². The molecule has 180 valence electrons. The van der Waals surface area contributed by atoms with Gasteiger partial charge < -0.3 is 20.1 Å². The van der Waals surface area contributed by atoms with Gasteiger partial charge in [-0.3, -0.25) is 14.4 Å².